The minimum absolute atomic E-state index is 0.00389. The molecule has 1 unspecified atom stereocenters. The number of hydrogen-bond donors (Lipinski definition) is 1. The molecule has 176 valence electrons. The predicted octanol–water partition coefficient (Wildman–Crippen LogP) is 4.62. The van der Waals surface area contributed by atoms with Crippen molar-refractivity contribution in [1.82, 2.24) is 9.88 Å². The van der Waals surface area contributed by atoms with Gasteiger partial charge in [0.05, 0.1) is 25.8 Å². The molecule has 0 bridgehead atoms. The largest absolute Gasteiger partial charge is 0.503 e. The second kappa shape index (κ2) is 8.98. The van der Waals surface area contributed by atoms with Crippen molar-refractivity contribution in [2.75, 3.05) is 14.2 Å². The smallest absolute Gasteiger partial charge is 0.290 e. The first-order valence-corrected chi connectivity index (χ1v) is 10.9. The average Bonchev–Trinajstić information content (AvgIpc) is 3.44. The summed E-state index contributed by atoms with van der Waals surface area (Å²) < 4.78 is 16.4. The Kier molecular flexibility index (Phi) is 5.70. The maximum atomic E-state index is 13.7. The molecule has 0 fully saturated rings. The Hall–Kier alpha value is -4.59. The second-order valence-corrected chi connectivity index (χ2v) is 8.04. The fourth-order valence-corrected chi connectivity index (χ4v) is 4.31. The number of ketones is 1. The quantitative estimate of drug-likeness (QED) is 0.393. The summed E-state index contributed by atoms with van der Waals surface area (Å²) in [5.41, 5.74) is 1.82. The summed E-state index contributed by atoms with van der Waals surface area (Å²) in [4.78, 5) is 32.4. The first-order chi connectivity index (χ1) is 17.0. The van der Waals surface area contributed by atoms with E-state index in [1.807, 2.05) is 12.1 Å². The van der Waals surface area contributed by atoms with Crippen LogP contribution in [0.4, 0.5) is 0 Å². The van der Waals surface area contributed by atoms with Crippen molar-refractivity contribution in [1.29, 1.82) is 0 Å². The maximum Gasteiger partial charge on any atom is 0.290 e. The van der Waals surface area contributed by atoms with Gasteiger partial charge >= 0.3 is 0 Å². The van der Waals surface area contributed by atoms with E-state index >= 15 is 0 Å². The number of pyridine rings is 1. The van der Waals surface area contributed by atoms with Gasteiger partial charge in [0.1, 0.15) is 5.75 Å². The third kappa shape index (κ3) is 3.89. The molecule has 1 aliphatic heterocycles. The highest BCUT2D eigenvalue weighted by Gasteiger charge is 2.44. The summed E-state index contributed by atoms with van der Waals surface area (Å²) in [7, 11) is 3.09. The monoisotopic (exact) mass is 470 g/mol. The molecule has 8 nitrogen and oxygen atoms in total. The molecule has 8 heteroatoms. The van der Waals surface area contributed by atoms with Crippen LogP contribution in [0.1, 0.15) is 27.7 Å². The lowest BCUT2D eigenvalue weighted by Crippen LogP contribution is -2.30. The van der Waals surface area contributed by atoms with Crippen LogP contribution in [0.5, 0.6) is 11.5 Å². The third-order valence-corrected chi connectivity index (χ3v) is 6.03. The number of aromatic nitrogens is 1. The lowest BCUT2D eigenvalue weighted by molar-refractivity contribution is -0.130. The highest BCUT2D eigenvalue weighted by atomic mass is 16.5. The van der Waals surface area contributed by atoms with Crippen LogP contribution in [-0.4, -0.2) is 40.9 Å². The van der Waals surface area contributed by atoms with Crippen molar-refractivity contribution in [3.8, 4) is 11.5 Å². The SMILES string of the molecule is COc1ccc(CN2C(=O)C(O)=C(C(=O)c3cc4cccc(OC)c4o3)C2c2ccncc2)cc1. The molecular formula is C27H22N2O6. The zero-order valence-electron chi connectivity index (χ0n) is 19.1. The van der Waals surface area contributed by atoms with Gasteiger partial charge in [-0.2, -0.15) is 0 Å². The number of hydrogen-bond acceptors (Lipinski definition) is 7. The van der Waals surface area contributed by atoms with Crippen molar-refractivity contribution in [3.05, 3.63) is 101 Å². The molecule has 5 rings (SSSR count). The van der Waals surface area contributed by atoms with Crippen molar-refractivity contribution in [3.63, 3.8) is 0 Å². The van der Waals surface area contributed by atoms with Crippen LogP contribution in [0.3, 0.4) is 0 Å². The number of fused-ring (bicyclic) bond motifs is 1. The van der Waals surface area contributed by atoms with Crippen LogP contribution in [0.15, 0.2) is 88.8 Å². The molecule has 1 atom stereocenters. The number of carbonyl (C=O) groups excluding carboxylic acids is 2. The maximum absolute atomic E-state index is 13.7. The highest BCUT2D eigenvalue weighted by molar-refractivity contribution is 6.16. The fourth-order valence-electron chi connectivity index (χ4n) is 4.31. The number of nitrogens with zero attached hydrogens (tertiary/aromatic N) is 2. The molecular weight excluding hydrogens is 448 g/mol. The van der Waals surface area contributed by atoms with Crippen LogP contribution in [0, 0.1) is 0 Å². The number of amides is 1. The molecule has 0 spiro atoms. The first kappa shape index (κ1) is 22.2. The van der Waals surface area contributed by atoms with E-state index < -0.39 is 23.5 Å². The van der Waals surface area contributed by atoms with Gasteiger partial charge in [-0.1, -0.05) is 24.3 Å². The molecule has 1 aliphatic rings. The summed E-state index contributed by atoms with van der Waals surface area (Å²) >= 11 is 0. The summed E-state index contributed by atoms with van der Waals surface area (Å²) in [6.07, 6.45) is 3.16. The number of Topliss-reactive ketones (excluding diaryl/α,β-unsaturated/α-hetero) is 1. The van der Waals surface area contributed by atoms with Crippen LogP contribution in [0.2, 0.25) is 0 Å². The van der Waals surface area contributed by atoms with Crippen molar-refractivity contribution in [2.45, 2.75) is 12.6 Å². The number of rotatable bonds is 7. The highest BCUT2D eigenvalue weighted by Crippen LogP contribution is 2.41. The van der Waals surface area contributed by atoms with Crippen molar-refractivity contribution in [2.24, 2.45) is 0 Å². The number of ether oxygens (including phenoxy) is 2. The van der Waals surface area contributed by atoms with E-state index in [0.29, 0.717) is 28.0 Å². The standard InChI is InChI=1S/C27H22N2O6/c1-33-19-8-6-16(7-9-19)15-29-23(17-10-12-28-13-11-17)22(25(31)27(29)32)24(30)21-14-18-4-3-5-20(34-2)26(18)35-21/h3-14,23,31H,15H2,1-2H3. The van der Waals surface area contributed by atoms with Crippen molar-refractivity contribution < 1.29 is 28.6 Å². The zero-order chi connectivity index (χ0) is 24.5. The van der Waals surface area contributed by atoms with Crippen LogP contribution >= 0.6 is 0 Å². The van der Waals surface area contributed by atoms with E-state index in [1.54, 1.807) is 68.0 Å². The summed E-state index contributed by atoms with van der Waals surface area (Å²) in [6.45, 7) is 0.171. The summed E-state index contributed by atoms with van der Waals surface area (Å²) in [6, 6.07) is 16.7. The number of para-hydroxylation sites is 1. The van der Waals surface area contributed by atoms with Crippen LogP contribution in [-0.2, 0) is 11.3 Å². The Bertz CT molecular complexity index is 1440. The molecule has 0 saturated heterocycles. The molecule has 1 amide bonds. The molecule has 1 N–H and O–H groups in total. The topological polar surface area (TPSA) is 102 Å². The number of furan rings is 1. The third-order valence-electron chi connectivity index (χ3n) is 6.03. The van der Waals surface area contributed by atoms with Gasteiger partial charge in [-0.25, -0.2) is 0 Å². The van der Waals surface area contributed by atoms with Gasteiger partial charge in [-0.05, 0) is 47.5 Å². The van der Waals surface area contributed by atoms with E-state index in [1.165, 1.54) is 12.0 Å². The first-order valence-electron chi connectivity index (χ1n) is 10.9. The molecule has 0 saturated carbocycles. The molecule has 3 heterocycles. The van der Waals surface area contributed by atoms with E-state index in [2.05, 4.69) is 4.98 Å². The predicted molar refractivity (Wildman–Crippen MR) is 127 cm³/mol. The van der Waals surface area contributed by atoms with E-state index in [-0.39, 0.29) is 17.9 Å². The van der Waals surface area contributed by atoms with Gasteiger partial charge in [0.2, 0.25) is 5.78 Å². The number of carbonyl (C=O) groups is 2. The molecule has 0 aliphatic carbocycles. The molecule has 4 aromatic rings. The van der Waals surface area contributed by atoms with Gasteiger partial charge in [-0.15, -0.1) is 0 Å². The average molecular weight is 470 g/mol. The van der Waals surface area contributed by atoms with E-state index in [4.69, 9.17) is 13.9 Å². The Morgan fingerprint density at radius 2 is 1.80 bits per heavy atom. The van der Waals surface area contributed by atoms with Crippen molar-refractivity contribution >= 4 is 22.7 Å². The summed E-state index contributed by atoms with van der Waals surface area (Å²) in [5.74, 6) is -0.645. The molecule has 2 aromatic carbocycles. The van der Waals surface area contributed by atoms with Gasteiger partial charge in [0, 0.05) is 24.3 Å². The van der Waals surface area contributed by atoms with E-state index in [9.17, 15) is 14.7 Å². The fraction of sp³-hybridized carbons (Fsp3) is 0.148. The lowest BCUT2D eigenvalue weighted by Gasteiger charge is -2.26. The van der Waals surface area contributed by atoms with Crippen LogP contribution in [0.25, 0.3) is 11.0 Å². The second-order valence-electron chi connectivity index (χ2n) is 8.04. The number of benzene rings is 2. The molecule has 2 aromatic heterocycles. The number of aliphatic hydroxyl groups excluding tert-OH is 1. The van der Waals surface area contributed by atoms with Crippen LogP contribution < -0.4 is 9.47 Å². The normalized spacial score (nSPS) is 15.7. The Labute approximate surface area is 201 Å². The Morgan fingerprint density at radius 1 is 1.06 bits per heavy atom. The van der Waals surface area contributed by atoms with E-state index in [0.717, 1.165) is 5.56 Å². The minimum atomic E-state index is -0.824. The van der Waals surface area contributed by atoms with Gasteiger partial charge in [0.25, 0.3) is 5.91 Å². The minimum Gasteiger partial charge on any atom is -0.503 e. The van der Waals surface area contributed by atoms with Gasteiger partial charge in [0.15, 0.2) is 22.9 Å². The number of aliphatic hydroxyl groups is 1. The summed E-state index contributed by atoms with van der Waals surface area (Å²) in [5, 5.41) is 11.6. The van der Waals surface area contributed by atoms with Gasteiger partial charge in [-0.3, -0.25) is 14.6 Å². The number of methoxy groups -OCH3 is 2. The Morgan fingerprint density at radius 3 is 2.49 bits per heavy atom. The molecule has 0 radical (unpaired) electrons. The zero-order valence-corrected chi connectivity index (χ0v) is 19.1. The molecule has 35 heavy (non-hydrogen) atoms. The lowest BCUT2D eigenvalue weighted by atomic mass is 9.95. The Balaban J connectivity index is 1.57. The van der Waals surface area contributed by atoms with Gasteiger partial charge < -0.3 is 23.9 Å².